The Bertz CT molecular complexity index is 518. The highest BCUT2D eigenvalue weighted by Crippen LogP contribution is 2.25. The molecule has 0 unspecified atom stereocenters. The van der Waals surface area contributed by atoms with Crippen LogP contribution >= 0.6 is 11.6 Å². The number of nitro benzene ring substituents is 1. The van der Waals surface area contributed by atoms with Crippen molar-refractivity contribution < 1.29 is 14.8 Å². The Morgan fingerprint density at radius 2 is 2.14 bits per heavy atom. The highest BCUT2D eigenvalue weighted by Gasteiger charge is 2.31. The number of likely N-dealkylation sites (N-methyl/N-ethyl adjacent to an activating group) is 1. The topological polar surface area (TPSA) is 75.8 Å². The summed E-state index contributed by atoms with van der Waals surface area (Å²) in [6.07, 6.45) is 1.19. The second-order valence-electron chi connectivity index (χ2n) is 5.54. The molecule has 0 atom stereocenters. The lowest BCUT2D eigenvalue weighted by molar-refractivity contribution is -0.384. The van der Waals surface area contributed by atoms with Gasteiger partial charge in [-0.3, -0.25) is 15.0 Å². The Morgan fingerprint density at radius 3 is 2.76 bits per heavy atom. The molecule has 0 aliphatic carbocycles. The Hall–Kier alpha value is -1.21. The summed E-state index contributed by atoms with van der Waals surface area (Å²) in [4.78, 5) is 12.3. The molecule has 6 nitrogen and oxygen atoms in total. The molecule has 0 saturated carbocycles. The van der Waals surface area contributed by atoms with Crippen LogP contribution in [0.4, 0.5) is 5.69 Å². The molecule has 1 fully saturated rings. The van der Waals surface area contributed by atoms with Gasteiger partial charge in [0.05, 0.1) is 10.5 Å². The number of benzene rings is 1. The molecular formula is C14H19ClN2O4. The molecule has 1 heterocycles. The minimum Gasteiger partial charge on any atom is -0.388 e. The van der Waals surface area contributed by atoms with E-state index in [-0.39, 0.29) is 5.69 Å². The Kier molecular flexibility index (Phi) is 5.16. The molecule has 1 N–H and O–H groups in total. The first-order valence-electron chi connectivity index (χ1n) is 6.81. The van der Waals surface area contributed by atoms with Gasteiger partial charge in [0, 0.05) is 56.3 Å². The van der Waals surface area contributed by atoms with Crippen LogP contribution in [0.15, 0.2) is 18.2 Å². The van der Waals surface area contributed by atoms with Crippen molar-refractivity contribution in [2.75, 3.05) is 26.8 Å². The first kappa shape index (κ1) is 16.2. The Balaban J connectivity index is 2.03. The zero-order chi connectivity index (χ0) is 15.5. The first-order valence-corrected chi connectivity index (χ1v) is 7.19. The standard InChI is InChI=1S/C14H19ClN2O4/c1-16(10-14(18)4-6-21-7-5-14)9-11-8-12(17(19)20)2-3-13(11)15/h2-3,8,18H,4-7,9-10H2,1H3. The van der Waals surface area contributed by atoms with Crippen LogP contribution in [-0.4, -0.2) is 47.3 Å². The van der Waals surface area contributed by atoms with Crippen molar-refractivity contribution in [2.24, 2.45) is 0 Å². The van der Waals surface area contributed by atoms with Crippen LogP contribution < -0.4 is 0 Å². The quantitative estimate of drug-likeness (QED) is 0.666. The predicted octanol–water partition coefficient (Wildman–Crippen LogP) is 2.22. The lowest BCUT2D eigenvalue weighted by Crippen LogP contribution is -2.45. The van der Waals surface area contributed by atoms with Crippen molar-refractivity contribution in [3.05, 3.63) is 38.9 Å². The average Bonchev–Trinajstić information content (AvgIpc) is 2.41. The van der Waals surface area contributed by atoms with E-state index in [0.717, 1.165) is 0 Å². The Morgan fingerprint density at radius 1 is 1.48 bits per heavy atom. The summed E-state index contributed by atoms with van der Waals surface area (Å²) in [6.45, 7) is 2.04. The molecule has 1 aromatic rings. The maximum Gasteiger partial charge on any atom is 0.269 e. The van der Waals surface area contributed by atoms with E-state index >= 15 is 0 Å². The minimum atomic E-state index is -0.764. The maximum atomic E-state index is 10.8. The second-order valence-corrected chi connectivity index (χ2v) is 5.95. The molecular weight excluding hydrogens is 296 g/mol. The number of halogens is 1. The van der Waals surface area contributed by atoms with Gasteiger partial charge >= 0.3 is 0 Å². The summed E-state index contributed by atoms with van der Waals surface area (Å²) in [5.41, 5.74) is -0.0585. The fourth-order valence-corrected chi connectivity index (χ4v) is 2.73. The average molecular weight is 315 g/mol. The largest absolute Gasteiger partial charge is 0.388 e. The van der Waals surface area contributed by atoms with E-state index in [0.29, 0.717) is 49.7 Å². The zero-order valence-electron chi connectivity index (χ0n) is 11.9. The number of hydrogen-bond acceptors (Lipinski definition) is 5. The van der Waals surface area contributed by atoms with Crippen LogP contribution in [0.5, 0.6) is 0 Å². The van der Waals surface area contributed by atoms with Crippen LogP contribution in [0.25, 0.3) is 0 Å². The highest BCUT2D eigenvalue weighted by atomic mass is 35.5. The third-order valence-electron chi connectivity index (χ3n) is 3.67. The molecule has 0 amide bonds. The molecule has 1 aliphatic heterocycles. The van der Waals surface area contributed by atoms with Gasteiger partial charge in [-0.05, 0) is 18.7 Å². The summed E-state index contributed by atoms with van der Waals surface area (Å²) in [5, 5.41) is 21.8. The smallest absolute Gasteiger partial charge is 0.269 e. The highest BCUT2D eigenvalue weighted by molar-refractivity contribution is 6.31. The summed E-state index contributed by atoms with van der Waals surface area (Å²) in [5.74, 6) is 0. The number of nitro groups is 1. The fourth-order valence-electron chi connectivity index (χ4n) is 2.55. The third kappa shape index (κ3) is 4.38. The number of aliphatic hydroxyl groups is 1. The molecule has 7 heteroatoms. The van der Waals surface area contributed by atoms with Crippen LogP contribution in [0.3, 0.4) is 0 Å². The van der Waals surface area contributed by atoms with Gasteiger partial charge < -0.3 is 9.84 Å². The molecule has 0 aromatic heterocycles. The molecule has 0 spiro atoms. The number of rotatable bonds is 5. The lowest BCUT2D eigenvalue weighted by atomic mass is 9.94. The molecule has 2 rings (SSSR count). The van der Waals surface area contributed by atoms with Crippen molar-refractivity contribution in [1.29, 1.82) is 0 Å². The summed E-state index contributed by atoms with van der Waals surface area (Å²) < 4.78 is 5.25. The van der Waals surface area contributed by atoms with Gasteiger partial charge in [-0.15, -0.1) is 0 Å². The molecule has 0 bridgehead atoms. The number of non-ortho nitro benzene ring substituents is 1. The van der Waals surface area contributed by atoms with Crippen molar-refractivity contribution in [3.8, 4) is 0 Å². The Labute approximate surface area is 128 Å². The fraction of sp³-hybridized carbons (Fsp3) is 0.571. The van der Waals surface area contributed by atoms with Crippen LogP contribution in [0.1, 0.15) is 18.4 Å². The van der Waals surface area contributed by atoms with E-state index < -0.39 is 10.5 Å². The van der Waals surface area contributed by atoms with E-state index in [1.54, 1.807) is 0 Å². The normalized spacial score (nSPS) is 17.9. The molecule has 0 radical (unpaired) electrons. The second kappa shape index (κ2) is 6.70. The lowest BCUT2D eigenvalue weighted by Gasteiger charge is -2.35. The van der Waals surface area contributed by atoms with Gasteiger partial charge in [-0.25, -0.2) is 0 Å². The molecule has 1 aromatic carbocycles. The van der Waals surface area contributed by atoms with E-state index in [1.807, 2.05) is 11.9 Å². The number of nitrogens with zero attached hydrogens (tertiary/aromatic N) is 2. The minimum absolute atomic E-state index is 0.0209. The summed E-state index contributed by atoms with van der Waals surface area (Å²) >= 11 is 6.09. The van der Waals surface area contributed by atoms with E-state index in [2.05, 4.69) is 0 Å². The first-order chi connectivity index (χ1) is 9.89. The molecule has 21 heavy (non-hydrogen) atoms. The van der Waals surface area contributed by atoms with Crippen LogP contribution in [-0.2, 0) is 11.3 Å². The summed E-state index contributed by atoms with van der Waals surface area (Å²) in [7, 11) is 1.86. The predicted molar refractivity (Wildman–Crippen MR) is 79.4 cm³/mol. The molecule has 1 saturated heterocycles. The van der Waals surface area contributed by atoms with E-state index in [1.165, 1.54) is 18.2 Å². The monoisotopic (exact) mass is 314 g/mol. The SMILES string of the molecule is CN(Cc1cc([N+](=O)[O-])ccc1Cl)CC1(O)CCOCC1. The maximum absolute atomic E-state index is 10.8. The van der Waals surface area contributed by atoms with Crippen LogP contribution in [0, 0.1) is 10.1 Å². The van der Waals surface area contributed by atoms with Gasteiger partial charge in [-0.2, -0.15) is 0 Å². The summed E-state index contributed by atoms with van der Waals surface area (Å²) in [6, 6.07) is 4.40. The van der Waals surface area contributed by atoms with Crippen LogP contribution in [0.2, 0.25) is 5.02 Å². The van der Waals surface area contributed by atoms with E-state index in [9.17, 15) is 15.2 Å². The van der Waals surface area contributed by atoms with Gasteiger partial charge in [0.1, 0.15) is 0 Å². The third-order valence-corrected chi connectivity index (χ3v) is 4.04. The van der Waals surface area contributed by atoms with Gasteiger partial charge in [-0.1, -0.05) is 11.6 Å². The van der Waals surface area contributed by atoms with Crippen molar-refractivity contribution in [3.63, 3.8) is 0 Å². The number of ether oxygens (including phenoxy) is 1. The van der Waals surface area contributed by atoms with Gasteiger partial charge in [0.25, 0.3) is 5.69 Å². The van der Waals surface area contributed by atoms with Gasteiger partial charge in [0.2, 0.25) is 0 Å². The van der Waals surface area contributed by atoms with Crippen molar-refractivity contribution >= 4 is 17.3 Å². The van der Waals surface area contributed by atoms with Crippen molar-refractivity contribution in [2.45, 2.75) is 25.0 Å². The number of hydrogen-bond donors (Lipinski definition) is 1. The molecule has 116 valence electrons. The van der Waals surface area contributed by atoms with Gasteiger partial charge in [0.15, 0.2) is 0 Å². The van der Waals surface area contributed by atoms with E-state index in [4.69, 9.17) is 16.3 Å². The zero-order valence-corrected chi connectivity index (χ0v) is 12.7. The van der Waals surface area contributed by atoms with Crippen molar-refractivity contribution in [1.82, 2.24) is 4.90 Å². The molecule has 1 aliphatic rings.